The van der Waals surface area contributed by atoms with E-state index in [0.29, 0.717) is 14.7 Å². The monoisotopic (exact) mass is 351 g/mol. The van der Waals surface area contributed by atoms with Crippen molar-refractivity contribution in [3.05, 3.63) is 36.8 Å². The lowest BCUT2D eigenvalue weighted by Gasteiger charge is -1.95. The quantitative estimate of drug-likeness (QED) is 0.685. The minimum atomic E-state index is -0.0457. The van der Waals surface area contributed by atoms with Gasteiger partial charge in [-0.05, 0) is 44.6 Å². The zero-order valence-corrected chi connectivity index (χ0v) is 10.00. The Kier molecular flexibility index (Phi) is 2.37. The average Bonchev–Trinajstić information content (AvgIpc) is 2.12. The molecule has 0 aromatic carbocycles. The fourth-order valence-electron chi connectivity index (χ4n) is 0.973. The van der Waals surface area contributed by atoms with Crippen molar-refractivity contribution in [2.75, 3.05) is 0 Å². The molecule has 0 spiro atoms. The van der Waals surface area contributed by atoms with Gasteiger partial charge in [-0.15, -0.1) is 0 Å². The van der Waals surface area contributed by atoms with Crippen LogP contribution >= 0.6 is 38.5 Å². The van der Waals surface area contributed by atoms with Crippen molar-refractivity contribution < 1.29 is 4.42 Å². The molecule has 0 amide bonds. The van der Waals surface area contributed by atoms with E-state index in [2.05, 4.69) is 20.9 Å². The van der Waals surface area contributed by atoms with Gasteiger partial charge in [0.05, 0.1) is 8.96 Å². The van der Waals surface area contributed by atoms with Crippen molar-refractivity contribution >= 4 is 49.6 Å². The fraction of sp³-hybridized carbons (Fsp3) is 0. The van der Waals surface area contributed by atoms with E-state index < -0.39 is 0 Å². The molecule has 0 bridgehead atoms. The van der Waals surface area contributed by atoms with E-state index in [1.807, 2.05) is 22.6 Å². The minimum Gasteiger partial charge on any atom is -0.445 e. The van der Waals surface area contributed by atoms with Crippen molar-refractivity contribution in [3.8, 4) is 0 Å². The Hall–Kier alpha value is -0.430. The Labute approximate surface area is 95.4 Å². The zero-order valence-electron chi connectivity index (χ0n) is 6.25. The second-order valence-corrected chi connectivity index (χ2v) is 4.50. The highest BCUT2D eigenvalue weighted by Gasteiger charge is 2.05. The highest BCUT2D eigenvalue weighted by Crippen LogP contribution is 2.15. The van der Waals surface area contributed by atoms with E-state index in [-0.39, 0.29) is 5.43 Å². The summed E-state index contributed by atoms with van der Waals surface area (Å²) in [6.45, 7) is 0. The van der Waals surface area contributed by atoms with Crippen LogP contribution in [0.3, 0.4) is 0 Å². The molecule has 0 N–H and O–H groups in total. The van der Waals surface area contributed by atoms with E-state index in [1.54, 1.807) is 12.3 Å². The Balaban J connectivity index is 2.97. The summed E-state index contributed by atoms with van der Waals surface area (Å²) in [5.74, 6) is 0. The molecule has 2 aromatic rings. The Bertz CT molecular complexity index is 518. The molecule has 0 aliphatic carbocycles. The normalized spacial score (nSPS) is 10.6. The third kappa shape index (κ3) is 1.62. The zero-order chi connectivity index (χ0) is 9.42. The first-order valence-corrected chi connectivity index (χ1v) is 5.28. The third-order valence-corrected chi connectivity index (χ3v) is 2.73. The van der Waals surface area contributed by atoms with Gasteiger partial charge in [0.15, 0.2) is 0 Å². The lowest BCUT2D eigenvalue weighted by Crippen LogP contribution is -2.04. The first-order valence-electron chi connectivity index (χ1n) is 3.41. The molecule has 0 saturated heterocycles. The molecule has 5 heteroatoms. The van der Waals surface area contributed by atoms with Crippen LogP contribution in [0.2, 0.25) is 0 Å². The van der Waals surface area contributed by atoms with Gasteiger partial charge < -0.3 is 4.42 Å². The van der Waals surface area contributed by atoms with Crippen LogP contribution in [0, 0.1) is 3.57 Å². The van der Waals surface area contributed by atoms with E-state index in [9.17, 15) is 4.79 Å². The number of halogens is 2. The summed E-state index contributed by atoms with van der Waals surface area (Å²) in [5, 5.41) is 0.501. The van der Waals surface area contributed by atoms with E-state index in [1.165, 1.54) is 6.26 Å². The number of pyridine rings is 1. The standard InChI is InChI=1S/C8H3BrINO2/c9-4-1-5-7(12)6(10)3-13-8(5)11-2-4/h1-3H. The molecule has 66 valence electrons. The third-order valence-electron chi connectivity index (χ3n) is 1.55. The second kappa shape index (κ2) is 3.38. The van der Waals surface area contributed by atoms with Crippen LogP contribution < -0.4 is 5.43 Å². The van der Waals surface area contributed by atoms with Crippen molar-refractivity contribution in [1.82, 2.24) is 4.98 Å². The molecule has 0 aliphatic rings. The predicted octanol–water partition coefficient (Wildman–Crippen LogP) is 2.56. The van der Waals surface area contributed by atoms with Gasteiger partial charge in [0.1, 0.15) is 6.26 Å². The van der Waals surface area contributed by atoms with Crippen LogP contribution in [0.1, 0.15) is 0 Å². The van der Waals surface area contributed by atoms with Crippen LogP contribution in [0.25, 0.3) is 11.1 Å². The number of rotatable bonds is 0. The number of nitrogens with zero attached hydrogens (tertiary/aromatic N) is 1. The van der Waals surface area contributed by atoms with Crippen LogP contribution in [-0.2, 0) is 0 Å². The van der Waals surface area contributed by atoms with Crippen molar-refractivity contribution in [1.29, 1.82) is 0 Å². The number of hydrogen-bond donors (Lipinski definition) is 0. The van der Waals surface area contributed by atoms with Gasteiger partial charge in [0.25, 0.3) is 0 Å². The van der Waals surface area contributed by atoms with Crippen LogP contribution in [0.5, 0.6) is 0 Å². The highest BCUT2D eigenvalue weighted by molar-refractivity contribution is 14.1. The van der Waals surface area contributed by atoms with E-state index in [0.717, 1.165) is 4.47 Å². The Morgan fingerprint density at radius 3 is 3.08 bits per heavy atom. The topological polar surface area (TPSA) is 43.1 Å². The van der Waals surface area contributed by atoms with Gasteiger partial charge in [-0.1, -0.05) is 0 Å². The van der Waals surface area contributed by atoms with Gasteiger partial charge in [0.2, 0.25) is 11.1 Å². The molecule has 0 saturated carbocycles. The lowest BCUT2D eigenvalue weighted by atomic mass is 10.3. The Morgan fingerprint density at radius 1 is 1.54 bits per heavy atom. The predicted molar refractivity (Wildman–Crippen MR) is 60.7 cm³/mol. The maximum absolute atomic E-state index is 11.6. The second-order valence-electron chi connectivity index (χ2n) is 2.42. The average molecular weight is 352 g/mol. The maximum Gasteiger partial charge on any atom is 0.229 e. The van der Waals surface area contributed by atoms with Crippen molar-refractivity contribution in [2.24, 2.45) is 0 Å². The number of hydrogen-bond acceptors (Lipinski definition) is 3. The smallest absolute Gasteiger partial charge is 0.229 e. The first-order chi connectivity index (χ1) is 6.18. The number of aromatic nitrogens is 1. The molecule has 3 nitrogen and oxygen atoms in total. The molecule has 0 aliphatic heterocycles. The van der Waals surface area contributed by atoms with E-state index in [4.69, 9.17) is 4.42 Å². The molecule has 0 unspecified atom stereocenters. The van der Waals surface area contributed by atoms with Crippen LogP contribution in [0.15, 0.2) is 32.2 Å². The fourth-order valence-corrected chi connectivity index (χ4v) is 1.72. The molecule has 0 atom stereocenters. The summed E-state index contributed by atoms with van der Waals surface area (Å²) in [7, 11) is 0. The Morgan fingerprint density at radius 2 is 2.31 bits per heavy atom. The van der Waals surface area contributed by atoms with Gasteiger partial charge in [0, 0.05) is 10.7 Å². The van der Waals surface area contributed by atoms with Gasteiger partial charge in [-0.3, -0.25) is 4.79 Å². The molecule has 13 heavy (non-hydrogen) atoms. The van der Waals surface area contributed by atoms with Crippen molar-refractivity contribution in [3.63, 3.8) is 0 Å². The summed E-state index contributed by atoms with van der Waals surface area (Å²) >= 11 is 5.18. The minimum absolute atomic E-state index is 0.0457. The van der Waals surface area contributed by atoms with Crippen molar-refractivity contribution in [2.45, 2.75) is 0 Å². The number of fused-ring (bicyclic) bond motifs is 1. The summed E-state index contributed by atoms with van der Waals surface area (Å²) in [6.07, 6.45) is 3.00. The summed E-state index contributed by atoms with van der Waals surface area (Å²) in [5.41, 5.74) is 0.323. The molecular formula is C8H3BrINO2. The van der Waals surface area contributed by atoms with Gasteiger partial charge in [-0.2, -0.15) is 0 Å². The molecular weight excluding hydrogens is 349 g/mol. The van der Waals surface area contributed by atoms with Crippen LogP contribution in [0.4, 0.5) is 0 Å². The molecule has 0 radical (unpaired) electrons. The maximum atomic E-state index is 11.6. The first kappa shape index (κ1) is 9.14. The lowest BCUT2D eigenvalue weighted by molar-refractivity contribution is 0.585. The molecule has 2 heterocycles. The summed E-state index contributed by atoms with van der Waals surface area (Å²) in [6, 6.07) is 1.70. The highest BCUT2D eigenvalue weighted by atomic mass is 127. The van der Waals surface area contributed by atoms with E-state index >= 15 is 0 Å². The summed E-state index contributed by atoms with van der Waals surface area (Å²) in [4.78, 5) is 15.5. The van der Waals surface area contributed by atoms with Crippen LogP contribution in [-0.4, -0.2) is 4.98 Å². The SMILES string of the molecule is O=c1c(I)coc2ncc(Br)cc12. The molecule has 2 rings (SSSR count). The molecule has 0 fully saturated rings. The van der Waals surface area contributed by atoms with Gasteiger partial charge >= 0.3 is 0 Å². The summed E-state index contributed by atoms with van der Waals surface area (Å²) < 4.78 is 6.47. The van der Waals surface area contributed by atoms with Gasteiger partial charge in [-0.25, -0.2) is 4.98 Å². The molecule has 2 aromatic heterocycles. The largest absolute Gasteiger partial charge is 0.445 e.